The zero-order valence-corrected chi connectivity index (χ0v) is 16.8. The molecule has 0 saturated carbocycles. The van der Waals surface area contributed by atoms with Crippen LogP contribution in [0.4, 0.5) is 4.79 Å². The first-order chi connectivity index (χ1) is 13.5. The van der Waals surface area contributed by atoms with Crippen LogP contribution in [-0.4, -0.2) is 77.5 Å². The van der Waals surface area contributed by atoms with Gasteiger partial charge in [-0.1, -0.05) is 6.07 Å². The zero-order valence-electron chi connectivity index (χ0n) is 16.0. The average molecular weight is 404 g/mol. The van der Waals surface area contributed by atoms with Crippen LogP contribution >= 0.6 is 11.3 Å². The van der Waals surface area contributed by atoms with Crippen LogP contribution in [-0.2, 0) is 11.3 Å². The van der Waals surface area contributed by atoms with Crippen LogP contribution in [0.2, 0.25) is 0 Å². The molecular weight excluding hydrogens is 378 g/mol. The van der Waals surface area contributed by atoms with Crippen molar-refractivity contribution in [1.29, 1.82) is 0 Å². The predicted molar refractivity (Wildman–Crippen MR) is 108 cm³/mol. The molecular formula is C19H25N5O3S. The molecule has 28 heavy (non-hydrogen) atoms. The van der Waals surface area contributed by atoms with Crippen LogP contribution in [0.5, 0.6) is 0 Å². The first-order valence-corrected chi connectivity index (χ1v) is 10.3. The van der Waals surface area contributed by atoms with Gasteiger partial charge in [-0.15, -0.1) is 11.3 Å². The molecule has 2 aromatic rings. The van der Waals surface area contributed by atoms with E-state index < -0.39 is 6.04 Å². The van der Waals surface area contributed by atoms with Crippen molar-refractivity contribution in [3.63, 3.8) is 0 Å². The summed E-state index contributed by atoms with van der Waals surface area (Å²) in [4.78, 5) is 30.9. The van der Waals surface area contributed by atoms with Crippen molar-refractivity contribution in [2.45, 2.75) is 31.5 Å². The molecule has 2 fully saturated rings. The molecule has 0 spiro atoms. The van der Waals surface area contributed by atoms with E-state index in [9.17, 15) is 9.59 Å². The number of thiophene rings is 1. The number of amides is 3. The van der Waals surface area contributed by atoms with Gasteiger partial charge in [0.15, 0.2) is 0 Å². The Morgan fingerprint density at radius 3 is 2.86 bits per heavy atom. The van der Waals surface area contributed by atoms with Crippen LogP contribution < -0.4 is 10.6 Å². The van der Waals surface area contributed by atoms with Crippen LogP contribution in [0.3, 0.4) is 0 Å². The molecule has 0 bridgehead atoms. The van der Waals surface area contributed by atoms with Crippen molar-refractivity contribution in [2.24, 2.45) is 0 Å². The van der Waals surface area contributed by atoms with E-state index >= 15 is 0 Å². The molecule has 4 rings (SSSR count). The molecule has 1 aromatic carbocycles. The Kier molecular flexibility index (Phi) is 5.35. The van der Waals surface area contributed by atoms with Crippen LogP contribution in [0.1, 0.15) is 12.0 Å². The number of carbonyl (C=O) groups excluding carboxylic acids is 2. The number of nitrogens with one attached hydrogen (secondary N) is 2. The van der Waals surface area contributed by atoms with E-state index in [1.165, 1.54) is 9.60 Å². The normalized spacial score (nSPS) is 25.8. The van der Waals surface area contributed by atoms with Crippen LogP contribution in [0.25, 0.3) is 10.1 Å². The zero-order chi connectivity index (χ0) is 19.8. The van der Waals surface area contributed by atoms with Crippen molar-refractivity contribution in [2.75, 3.05) is 27.2 Å². The van der Waals surface area contributed by atoms with Gasteiger partial charge in [0.25, 0.3) is 5.91 Å². The molecule has 3 N–H and O–H groups in total. The van der Waals surface area contributed by atoms with Gasteiger partial charge in [-0.05, 0) is 54.5 Å². The van der Waals surface area contributed by atoms with Gasteiger partial charge < -0.3 is 10.0 Å². The highest BCUT2D eigenvalue weighted by Gasteiger charge is 2.52. The molecule has 3 unspecified atom stereocenters. The minimum absolute atomic E-state index is 0.107. The van der Waals surface area contributed by atoms with E-state index in [-0.39, 0.29) is 37.5 Å². The highest BCUT2D eigenvalue weighted by atomic mass is 32.1. The molecule has 3 atom stereocenters. The Labute approximate surface area is 167 Å². The first-order valence-electron chi connectivity index (χ1n) is 9.38. The van der Waals surface area contributed by atoms with Gasteiger partial charge in [-0.25, -0.2) is 4.79 Å². The smallest absolute Gasteiger partial charge is 0.328 e. The van der Waals surface area contributed by atoms with Gasteiger partial charge in [-0.2, -0.15) is 0 Å². The van der Waals surface area contributed by atoms with E-state index in [0.29, 0.717) is 13.0 Å². The van der Waals surface area contributed by atoms with E-state index in [1.807, 2.05) is 41.6 Å². The monoisotopic (exact) mass is 403 g/mol. The Balaban J connectivity index is 1.53. The van der Waals surface area contributed by atoms with Gasteiger partial charge in [0.05, 0.1) is 6.54 Å². The summed E-state index contributed by atoms with van der Waals surface area (Å²) in [6.07, 6.45) is 0.0106. The highest BCUT2D eigenvalue weighted by molar-refractivity contribution is 7.17. The number of hydrogen-bond donors (Lipinski definition) is 3. The molecule has 3 amide bonds. The van der Waals surface area contributed by atoms with Crippen molar-refractivity contribution >= 4 is 33.4 Å². The van der Waals surface area contributed by atoms with Gasteiger partial charge in [0, 0.05) is 18.4 Å². The minimum Gasteiger partial charge on any atom is -0.396 e. The van der Waals surface area contributed by atoms with Gasteiger partial charge in [-0.3, -0.25) is 25.2 Å². The topological polar surface area (TPSA) is 88.2 Å². The van der Waals surface area contributed by atoms with Crippen molar-refractivity contribution in [1.82, 2.24) is 25.3 Å². The van der Waals surface area contributed by atoms with Crippen molar-refractivity contribution in [3.05, 3.63) is 35.2 Å². The molecule has 150 valence electrons. The molecule has 3 heterocycles. The maximum absolute atomic E-state index is 13.2. The summed E-state index contributed by atoms with van der Waals surface area (Å²) < 4.78 is 1.19. The number of carbonyl (C=O) groups is 2. The Bertz CT molecular complexity index is 887. The van der Waals surface area contributed by atoms with Gasteiger partial charge in [0.2, 0.25) is 0 Å². The summed E-state index contributed by atoms with van der Waals surface area (Å²) in [5.74, 6) is -0.194. The number of rotatable bonds is 6. The van der Waals surface area contributed by atoms with E-state index in [0.717, 1.165) is 10.9 Å². The predicted octanol–water partition coefficient (Wildman–Crippen LogP) is 0.781. The molecule has 1 aromatic heterocycles. The summed E-state index contributed by atoms with van der Waals surface area (Å²) in [7, 11) is 3.59. The van der Waals surface area contributed by atoms with Crippen LogP contribution in [0, 0.1) is 0 Å². The number of benzene rings is 1. The lowest BCUT2D eigenvalue weighted by Crippen LogP contribution is -2.65. The standard InChI is InChI=1S/C19H25N5O3S/c1-22-15-16(21-18(22)20-7-3-8-25)23(2)19(27)24(17(15)26)11-12-4-5-14-13(10-12)6-9-28-14/h4-6,9-10,15-16,18,20-21,25H,3,7-8,11H2,1-2H3. The fourth-order valence-electron chi connectivity index (χ4n) is 3.91. The SMILES string of the molecule is CN1C(=O)N(Cc2ccc3sccc3c2)C(=O)C2C1NC(NCCCO)N2C. The maximum Gasteiger partial charge on any atom is 0.328 e. The number of urea groups is 1. The summed E-state index contributed by atoms with van der Waals surface area (Å²) in [6, 6.07) is 7.33. The number of nitrogens with zero attached hydrogens (tertiary/aromatic N) is 3. The quantitative estimate of drug-likeness (QED) is 0.618. The number of fused-ring (bicyclic) bond motifs is 2. The Morgan fingerprint density at radius 2 is 2.07 bits per heavy atom. The lowest BCUT2D eigenvalue weighted by Gasteiger charge is -2.40. The second-order valence-corrected chi connectivity index (χ2v) is 8.21. The largest absolute Gasteiger partial charge is 0.396 e. The molecule has 8 nitrogen and oxygen atoms in total. The third-order valence-electron chi connectivity index (χ3n) is 5.47. The van der Waals surface area contributed by atoms with Crippen molar-refractivity contribution in [3.8, 4) is 0 Å². The molecule has 2 aliphatic heterocycles. The Morgan fingerprint density at radius 1 is 1.25 bits per heavy atom. The second kappa shape index (κ2) is 7.76. The molecule has 0 aliphatic carbocycles. The maximum atomic E-state index is 13.2. The Hall–Kier alpha value is -2.04. The van der Waals surface area contributed by atoms with E-state index in [4.69, 9.17) is 5.11 Å². The molecule has 2 aliphatic rings. The fraction of sp³-hybridized carbons (Fsp3) is 0.474. The summed E-state index contributed by atoms with van der Waals surface area (Å²) in [6.45, 7) is 0.984. The summed E-state index contributed by atoms with van der Waals surface area (Å²) in [5, 5.41) is 18.7. The van der Waals surface area contributed by atoms with Gasteiger partial charge in [0.1, 0.15) is 18.5 Å². The second-order valence-electron chi connectivity index (χ2n) is 7.27. The van der Waals surface area contributed by atoms with Crippen molar-refractivity contribution < 1.29 is 14.7 Å². The molecule has 0 radical (unpaired) electrons. The summed E-state index contributed by atoms with van der Waals surface area (Å²) in [5.41, 5.74) is 0.936. The van der Waals surface area contributed by atoms with E-state index in [1.54, 1.807) is 23.3 Å². The minimum atomic E-state index is -0.459. The lowest BCUT2D eigenvalue weighted by atomic mass is 10.1. The highest BCUT2D eigenvalue weighted by Crippen LogP contribution is 2.27. The number of likely N-dealkylation sites (N-methyl/N-ethyl adjacent to an activating group) is 2. The number of hydrogen-bond acceptors (Lipinski definition) is 7. The third kappa shape index (κ3) is 3.29. The fourth-order valence-corrected chi connectivity index (χ4v) is 4.68. The third-order valence-corrected chi connectivity index (χ3v) is 6.37. The number of aliphatic hydroxyl groups is 1. The lowest BCUT2D eigenvalue weighted by molar-refractivity contribution is -0.138. The molecule has 9 heteroatoms. The summed E-state index contributed by atoms with van der Waals surface area (Å²) >= 11 is 1.67. The number of imide groups is 1. The van der Waals surface area contributed by atoms with Crippen LogP contribution in [0.15, 0.2) is 29.6 Å². The van der Waals surface area contributed by atoms with Gasteiger partial charge >= 0.3 is 6.03 Å². The first kappa shape index (κ1) is 19.3. The number of aliphatic hydroxyl groups excluding tert-OH is 1. The molecule has 2 saturated heterocycles. The average Bonchev–Trinajstić information content (AvgIpc) is 3.28. The van der Waals surface area contributed by atoms with E-state index in [2.05, 4.69) is 10.6 Å².